The fraction of sp³-hybridized carbons (Fsp3) is 0.714. The fourth-order valence-electron chi connectivity index (χ4n) is 1.53. The van der Waals surface area contributed by atoms with Gasteiger partial charge in [0.15, 0.2) is 0 Å². The SMILES string of the molecule is Nc1nn(CC2CC(O)C2)c(=O)s1. The van der Waals surface area contributed by atoms with Gasteiger partial charge >= 0.3 is 4.87 Å². The Hall–Kier alpha value is -0.880. The van der Waals surface area contributed by atoms with Gasteiger partial charge in [0.05, 0.1) is 6.10 Å². The number of nitrogens with two attached hydrogens (primary N) is 1. The molecule has 0 amide bonds. The molecule has 0 bridgehead atoms. The highest BCUT2D eigenvalue weighted by Gasteiger charge is 2.28. The van der Waals surface area contributed by atoms with E-state index in [9.17, 15) is 4.79 Å². The van der Waals surface area contributed by atoms with E-state index in [-0.39, 0.29) is 11.0 Å². The molecule has 13 heavy (non-hydrogen) atoms. The Morgan fingerprint density at radius 2 is 2.38 bits per heavy atom. The first kappa shape index (κ1) is 8.71. The highest BCUT2D eigenvalue weighted by molar-refractivity contribution is 7.12. The molecule has 1 aromatic heterocycles. The predicted octanol–water partition coefficient (Wildman–Crippen LogP) is -0.342. The third kappa shape index (κ3) is 1.73. The van der Waals surface area contributed by atoms with Crippen LogP contribution in [-0.2, 0) is 6.54 Å². The third-order valence-corrected chi connectivity index (χ3v) is 2.94. The van der Waals surface area contributed by atoms with Crippen LogP contribution in [-0.4, -0.2) is 21.0 Å². The molecule has 1 saturated carbocycles. The predicted molar refractivity (Wildman–Crippen MR) is 49.5 cm³/mol. The monoisotopic (exact) mass is 201 g/mol. The molecule has 0 radical (unpaired) electrons. The zero-order valence-electron chi connectivity index (χ0n) is 7.01. The number of aromatic nitrogens is 2. The second-order valence-electron chi connectivity index (χ2n) is 3.38. The smallest absolute Gasteiger partial charge is 0.326 e. The van der Waals surface area contributed by atoms with Gasteiger partial charge in [-0.15, -0.1) is 5.10 Å². The normalized spacial score (nSPS) is 27.2. The lowest BCUT2D eigenvalue weighted by molar-refractivity contribution is 0.0333. The molecular weight excluding hydrogens is 190 g/mol. The third-order valence-electron chi connectivity index (χ3n) is 2.26. The van der Waals surface area contributed by atoms with Crippen molar-refractivity contribution in [3.8, 4) is 0 Å². The Balaban J connectivity index is 2.02. The Kier molecular flexibility index (Phi) is 2.09. The lowest BCUT2D eigenvalue weighted by Gasteiger charge is -2.30. The fourth-order valence-corrected chi connectivity index (χ4v) is 2.07. The largest absolute Gasteiger partial charge is 0.393 e. The van der Waals surface area contributed by atoms with E-state index in [4.69, 9.17) is 10.8 Å². The first-order chi connectivity index (χ1) is 6.15. The van der Waals surface area contributed by atoms with E-state index in [1.165, 1.54) is 4.68 Å². The van der Waals surface area contributed by atoms with Gasteiger partial charge in [-0.25, -0.2) is 4.68 Å². The van der Waals surface area contributed by atoms with Crippen LogP contribution in [0.2, 0.25) is 0 Å². The molecule has 0 saturated heterocycles. The van der Waals surface area contributed by atoms with Crippen molar-refractivity contribution in [1.82, 2.24) is 9.78 Å². The minimum absolute atomic E-state index is 0.112. The lowest BCUT2D eigenvalue weighted by atomic mass is 9.82. The van der Waals surface area contributed by atoms with Crippen molar-refractivity contribution in [1.29, 1.82) is 0 Å². The van der Waals surface area contributed by atoms with E-state index in [2.05, 4.69) is 5.10 Å². The number of anilines is 1. The van der Waals surface area contributed by atoms with Gasteiger partial charge in [0.2, 0.25) is 5.13 Å². The summed E-state index contributed by atoms with van der Waals surface area (Å²) in [6.07, 6.45) is 1.35. The van der Waals surface area contributed by atoms with E-state index >= 15 is 0 Å². The minimum Gasteiger partial charge on any atom is -0.393 e. The molecule has 2 rings (SSSR count). The minimum atomic E-state index is -0.184. The maximum Gasteiger partial charge on any atom is 0.326 e. The van der Waals surface area contributed by atoms with Gasteiger partial charge in [0.1, 0.15) is 0 Å². The van der Waals surface area contributed by atoms with Crippen molar-refractivity contribution in [2.75, 3.05) is 5.73 Å². The number of hydrogen-bond donors (Lipinski definition) is 2. The summed E-state index contributed by atoms with van der Waals surface area (Å²) < 4.78 is 1.39. The van der Waals surface area contributed by atoms with Gasteiger partial charge < -0.3 is 10.8 Å². The van der Waals surface area contributed by atoms with E-state index in [1.807, 2.05) is 0 Å². The number of rotatable bonds is 2. The number of aliphatic hydroxyl groups excluding tert-OH is 1. The Morgan fingerprint density at radius 3 is 2.85 bits per heavy atom. The van der Waals surface area contributed by atoms with E-state index in [0.717, 1.165) is 24.2 Å². The first-order valence-electron chi connectivity index (χ1n) is 4.16. The standard InChI is InChI=1S/C7H11N3O2S/c8-6-9-10(7(12)13-6)3-4-1-5(11)2-4/h4-5,11H,1-3H2,(H2,8,9). The molecule has 0 atom stereocenters. The Bertz CT molecular complexity index is 353. The molecule has 0 unspecified atom stereocenters. The van der Waals surface area contributed by atoms with Crippen LogP contribution < -0.4 is 10.6 Å². The molecule has 0 aliphatic heterocycles. The molecule has 1 aliphatic carbocycles. The number of aliphatic hydroxyl groups is 1. The molecule has 1 aromatic rings. The van der Waals surface area contributed by atoms with Gasteiger partial charge in [0, 0.05) is 6.54 Å². The van der Waals surface area contributed by atoms with Crippen molar-refractivity contribution >= 4 is 16.5 Å². The van der Waals surface area contributed by atoms with Gasteiger partial charge in [-0.05, 0) is 30.1 Å². The highest BCUT2D eigenvalue weighted by atomic mass is 32.1. The van der Waals surface area contributed by atoms with E-state index in [1.54, 1.807) is 0 Å². The molecule has 0 spiro atoms. The van der Waals surface area contributed by atoms with Crippen LogP contribution in [0.3, 0.4) is 0 Å². The van der Waals surface area contributed by atoms with Gasteiger partial charge in [-0.2, -0.15) is 0 Å². The average Bonchev–Trinajstić information content (AvgIpc) is 2.27. The summed E-state index contributed by atoms with van der Waals surface area (Å²) in [5, 5.41) is 13.2. The molecule has 1 fully saturated rings. The van der Waals surface area contributed by atoms with Crippen LogP contribution in [0.4, 0.5) is 5.13 Å². The summed E-state index contributed by atoms with van der Waals surface area (Å²) >= 11 is 0.958. The lowest BCUT2D eigenvalue weighted by Crippen LogP contribution is -2.33. The maximum atomic E-state index is 11.2. The zero-order chi connectivity index (χ0) is 9.42. The topological polar surface area (TPSA) is 81.1 Å². The molecule has 72 valence electrons. The molecule has 6 heteroatoms. The first-order valence-corrected chi connectivity index (χ1v) is 4.98. The maximum absolute atomic E-state index is 11.2. The summed E-state index contributed by atoms with van der Waals surface area (Å²) in [5.74, 6) is 0.384. The van der Waals surface area contributed by atoms with E-state index < -0.39 is 0 Å². The molecule has 1 heterocycles. The molecule has 5 nitrogen and oxygen atoms in total. The molecule has 3 N–H and O–H groups in total. The van der Waals surface area contributed by atoms with E-state index in [0.29, 0.717) is 17.6 Å². The van der Waals surface area contributed by atoms with Crippen molar-refractivity contribution in [3.63, 3.8) is 0 Å². The average molecular weight is 201 g/mol. The second-order valence-corrected chi connectivity index (χ2v) is 4.35. The Morgan fingerprint density at radius 1 is 1.69 bits per heavy atom. The van der Waals surface area contributed by atoms with Crippen LogP contribution in [0.1, 0.15) is 12.8 Å². The molecule has 1 aliphatic rings. The Labute approximate surface area is 78.8 Å². The second kappa shape index (κ2) is 3.12. The number of nitrogens with zero attached hydrogens (tertiary/aromatic N) is 2. The van der Waals surface area contributed by atoms with Crippen LogP contribution >= 0.6 is 11.3 Å². The van der Waals surface area contributed by atoms with Crippen LogP contribution in [0.15, 0.2) is 4.79 Å². The van der Waals surface area contributed by atoms with Crippen LogP contribution in [0.5, 0.6) is 0 Å². The van der Waals surface area contributed by atoms with Gasteiger partial charge in [0.25, 0.3) is 0 Å². The zero-order valence-corrected chi connectivity index (χ0v) is 7.83. The van der Waals surface area contributed by atoms with Crippen LogP contribution in [0, 0.1) is 5.92 Å². The molecule has 0 aromatic carbocycles. The van der Waals surface area contributed by atoms with Crippen molar-refractivity contribution < 1.29 is 5.11 Å². The summed E-state index contributed by atoms with van der Waals surface area (Å²) in [6.45, 7) is 0.587. The van der Waals surface area contributed by atoms with Crippen molar-refractivity contribution in [3.05, 3.63) is 9.67 Å². The highest BCUT2D eigenvalue weighted by Crippen LogP contribution is 2.28. The van der Waals surface area contributed by atoms with Gasteiger partial charge in [-0.1, -0.05) is 0 Å². The van der Waals surface area contributed by atoms with Gasteiger partial charge in [-0.3, -0.25) is 4.79 Å². The summed E-state index contributed by atoms with van der Waals surface area (Å²) in [4.78, 5) is 11.1. The van der Waals surface area contributed by atoms with Crippen LogP contribution in [0.25, 0.3) is 0 Å². The summed E-state index contributed by atoms with van der Waals surface area (Å²) in [5.41, 5.74) is 5.38. The van der Waals surface area contributed by atoms with Crippen molar-refractivity contribution in [2.24, 2.45) is 5.92 Å². The quantitative estimate of drug-likeness (QED) is 0.685. The van der Waals surface area contributed by atoms with Crippen molar-refractivity contribution in [2.45, 2.75) is 25.5 Å². The molecular formula is C7H11N3O2S. The number of hydrogen-bond acceptors (Lipinski definition) is 5. The summed E-state index contributed by atoms with van der Waals surface area (Å²) in [7, 11) is 0. The summed E-state index contributed by atoms with van der Waals surface area (Å²) in [6, 6.07) is 0. The number of nitrogen functional groups attached to an aromatic ring is 1.